The van der Waals surface area contributed by atoms with Gasteiger partial charge in [0.25, 0.3) is 5.56 Å². The Bertz CT molecular complexity index is 945. The Morgan fingerprint density at radius 1 is 1.04 bits per heavy atom. The van der Waals surface area contributed by atoms with E-state index >= 15 is 0 Å². The van der Waals surface area contributed by atoms with E-state index in [-0.39, 0.29) is 12.4 Å². The lowest BCUT2D eigenvalue weighted by molar-refractivity contribution is 0.174. The predicted molar refractivity (Wildman–Crippen MR) is 92.4 cm³/mol. The highest BCUT2D eigenvalue weighted by atomic mass is 16.7. The summed E-state index contributed by atoms with van der Waals surface area (Å²) in [5.74, 6) is 1.39. The van der Waals surface area contributed by atoms with Gasteiger partial charge in [0.2, 0.25) is 6.79 Å². The molecule has 5 nitrogen and oxygen atoms in total. The summed E-state index contributed by atoms with van der Waals surface area (Å²) in [6.45, 7) is 3.52. The first-order valence-electron chi connectivity index (χ1n) is 7.91. The molecule has 3 aromatic rings. The minimum atomic E-state index is -0.0854. The molecule has 2 aromatic carbocycles. The fourth-order valence-corrected chi connectivity index (χ4v) is 2.82. The number of hydrogen-bond donors (Lipinski definition) is 2. The fraction of sp³-hybridized carbons (Fsp3) is 0.211. The largest absolute Gasteiger partial charge is 0.454 e. The molecular weight excluding hydrogens is 304 g/mol. The van der Waals surface area contributed by atoms with Gasteiger partial charge >= 0.3 is 0 Å². The van der Waals surface area contributed by atoms with Crippen LogP contribution in [-0.4, -0.2) is 11.8 Å². The zero-order valence-electron chi connectivity index (χ0n) is 13.4. The maximum absolute atomic E-state index is 12.3. The van der Waals surface area contributed by atoms with E-state index in [0.717, 1.165) is 17.4 Å². The van der Waals surface area contributed by atoms with Gasteiger partial charge in [0.05, 0.1) is 5.52 Å². The molecule has 4 rings (SSSR count). The van der Waals surface area contributed by atoms with Gasteiger partial charge in [0.15, 0.2) is 11.5 Å². The Labute approximate surface area is 139 Å². The van der Waals surface area contributed by atoms with Crippen molar-refractivity contribution in [1.29, 1.82) is 0 Å². The zero-order chi connectivity index (χ0) is 16.5. The summed E-state index contributed by atoms with van der Waals surface area (Å²) in [7, 11) is 0. The summed E-state index contributed by atoms with van der Waals surface area (Å²) >= 11 is 0. The molecule has 1 aliphatic heterocycles. The first-order valence-corrected chi connectivity index (χ1v) is 7.91. The lowest BCUT2D eigenvalue weighted by atomic mass is 10.1. The van der Waals surface area contributed by atoms with Gasteiger partial charge < -0.3 is 19.8 Å². The summed E-state index contributed by atoms with van der Waals surface area (Å²) in [6.07, 6.45) is 0. The second-order valence-corrected chi connectivity index (χ2v) is 6.01. The molecule has 0 radical (unpaired) electrons. The van der Waals surface area contributed by atoms with E-state index < -0.39 is 0 Å². The fourth-order valence-electron chi connectivity index (χ4n) is 2.82. The smallest absolute Gasteiger partial charge is 0.252 e. The number of ether oxygens (including phenoxy) is 2. The Hall–Kier alpha value is -2.79. The molecule has 0 aliphatic carbocycles. The Morgan fingerprint density at radius 3 is 2.58 bits per heavy atom. The Balaban J connectivity index is 1.53. The molecule has 0 spiro atoms. The van der Waals surface area contributed by atoms with Crippen LogP contribution < -0.4 is 20.3 Å². The molecule has 0 unspecified atom stereocenters. The van der Waals surface area contributed by atoms with Crippen molar-refractivity contribution < 1.29 is 9.47 Å². The van der Waals surface area contributed by atoms with Gasteiger partial charge in [0, 0.05) is 30.1 Å². The summed E-state index contributed by atoms with van der Waals surface area (Å²) in [6, 6.07) is 14.0. The van der Waals surface area contributed by atoms with Crippen LogP contribution in [0.2, 0.25) is 0 Å². The molecular formula is C19H18N2O3. The third-order valence-electron chi connectivity index (χ3n) is 4.18. The van der Waals surface area contributed by atoms with Crippen LogP contribution in [0.1, 0.15) is 16.7 Å². The van der Waals surface area contributed by atoms with Crippen LogP contribution in [0.3, 0.4) is 0 Å². The number of benzene rings is 2. The number of fused-ring (bicyclic) bond motifs is 2. The van der Waals surface area contributed by atoms with E-state index in [1.807, 2.05) is 18.2 Å². The maximum atomic E-state index is 12.3. The number of aromatic amines is 1. The van der Waals surface area contributed by atoms with E-state index in [2.05, 4.69) is 41.5 Å². The van der Waals surface area contributed by atoms with Gasteiger partial charge in [-0.2, -0.15) is 0 Å². The topological polar surface area (TPSA) is 63.4 Å². The Kier molecular flexibility index (Phi) is 3.70. The van der Waals surface area contributed by atoms with Crippen LogP contribution in [-0.2, 0) is 13.1 Å². The van der Waals surface area contributed by atoms with Crippen LogP contribution >= 0.6 is 0 Å². The molecule has 2 heterocycles. The molecule has 2 N–H and O–H groups in total. The number of hydrogen-bond acceptors (Lipinski definition) is 4. The molecule has 122 valence electrons. The van der Waals surface area contributed by atoms with E-state index in [4.69, 9.17) is 9.47 Å². The first kappa shape index (κ1) is 14.8. The monoisotopic (exact) mass is 322 g/mol. The van der Waals surface area contributed by atoms with Gasteiger partial charge in [-0.3, -0.25) is 4.79 Å². The van der Waals surface area contributed by atoms with Crippen molar-refractivity contribution >= 4 is 10.9 Å². The molecule has 0 fully saturated rings. The normalized spacial score (nSPS) is 12.7. The number of H-pyrrole nitrogens is 1. The number of pyridine rings is 1. The molecule has 0 saturated heterocycles. The maximum Gasteiger partial charge on any atom is 0.252 e. The molecule has 0 saturated carbocycles. The van der Waals surface area contributed by atoms with Crippen molar-refractivity contribution in [2.75, 3.05) is 6.79 Å². The van der Waals surface area contributed by atoms with Gasteiger partial charge in [-0.25, -0.2) is 0 Å². The standard InChI is InChI=1S/C19H18N2O3/c1-12-2-4-13(5-3-12)9-20-10-15-6-14-7-17-18(24-11-23-17)8-16(14)21-19(15)22/h2-8,20H,9-11H2,1H3,(H,21,22). The van der Waals surface area contributed by atoms with Crippen LogP contribution in [0, 0.1) is 6.92 Å². The van der Waals surface area contributed by atoms with E-state index in [1.54, 1.807) is 0 Å². The van der Waals surface area contributed by atoms with Crippen LogP contribution in [0.4, 0.5) is 0 Å². The Morgan fingerprint density at radius 2 is 1.79 bits per heavy atom. The number of aryl methyl sites for hydroxylation is 1. The molecule has 0 amide bonds. The number of rotatable bonds is 4. The van der Waals surface area contributed by atoms with Crippen molar-refractivity contribution in [3.05, 3.63) is 69.5 Å². The van der Waals surface area contributed by atoms with Crippen molar-refractivity contribution in [2.45, 2.75) is 20.0 Å². The summed E-state index contributed by atoms with van der Waals surface area (Å²) < 4.78 is 10.7. The molecule has 5 heteroatoms. The summed E-state index contributed by atoms with van der Waals surface area (Å²) in [4.78, 5) is 15.2. The van der Waals surface area contributed by atoms with Gasteiger partial charge in [-0.05, 0) is 24.6 Å². The zero-order valence-corrected chi connectivity index (χ0v) is 13.4. The number of aromatic nitrogens is 1. The van der Waals surface area contributed by atoms with E-state index in [1.165, 1.54) is 11.1 Å². The summed E-state index contributed by atoms with van der Waals surface area (Å²) in [5, 5.41) is 4.26. The molecule has 0 atom stereocenters. The lowest BCUT2D eigenvalue weighted by Gasteiger charge is -2.07. The van der Waals surface area contributed by atoms with Crippen LogP contribution in [0.15, 0.2) is 47.3 Å². The molecule has 0 bridgehead atoms. The second kappa shape index (κ2) is 6.02. The minimum absolute atomic E-state index is 0.0854. The predicted octanol–water partition coefficient (Wildman–Crippen LogP) is 2.86. The van der Waals surface area contributed by atoms with Crippen LogP contribution in [0.25, 0.3) is 10.9 Å². The van der Waals surface area contributed by atoms with Gasteiger partial charge in [-0.15, -0.1) is 0 Å². The van der Waals surface area contributed by atoms with Crippen molar-refractivity contribution in [3.8, 4) is 11.5 Å². The van der Waals surface area contributed by atoms with E-state index in [9.17, 15) is 4.79 Å². The SMILES string of the molecule is Cc1ccc(CNCc2cc3cc4c(cc3[nH]c2=O)OCO4)cc1. The second-order valence-electron chi connectivity index (χ2n) is 6.01. The highest BCUT2D eigenvalue weighted by Crippen LogP contribution is 2.35. The first-order chi connectivity index (χ1) is 11.7. The molecule has 24 heavy (non-hydrogen) atoms. The number of nitrogens with one attached hydrogen (secondary N) is 2. The minimum Gasteiger partial charge on any atom is -0.454 e. The summed E-state index contributed by atoms with van der Waals surface area (Å²) in [5.41, 5.74) is 3.81. The lowest BCUT2D eigenvalue weighted by Crippen LogP contribution is -2.20. The highest BCUT2D eigenvalue weighted by Gasteiger charge is 2.15. The van der Waals surface area contributed by atoms with E-state index in [0.29, 0.717) is 23.6 Å². The quantitative estimate of drug-likeness (QED) is 0.775. The highest BCUT2D eigenvalue weighted by molar-refractivity contribution is 5.83. The average Bonchev–Trinajstić information content (AvgIpc) is 3.02. The van der Waals surface area contributed by atoms with Gasteiger partial charge in [0.1, 0.15) is 0 Å². The molecule has 1 aromatic heterocycles. The molecule has 1 aliphatic rings. The van der Waals surface area contributed by atoms with Crippen molar-refractivity contribution in [1.82, 2.24) is 10.3 Å². The third-order valence-corrected chi connectivity index (χ3v) is 4.18. The third kappa shape index (κ3) is 2.86. The van der Waals surface area contributed by atoms with Crippen LogP contribution in [0.5, 0.6) is 11.5 Å². The average molecular weight is 322 g/mol. The van der Waals surface area contributed by atoms with Crippen molar-refractivity contribution in [2.24, 2.45) is 0 Å². The van der Waals surface area contributed by atoms with Crippen molar-refractivity contribution in [3.63, 3.8) is 0 Å². The van der Waals surface area contributed by atoms with Gasteiger partial charge in [-0.1, -0.05) is 29.8 Å².